The first-order chi connectivity index (χ1) is 14.7. The molecule has 14 nitrogen and oxygen atoms in total. The first kappa shape index (κ1) is 26.5. The van der Waals surface area contributed by atoms with Crippen LogP contribution < -0.4 is 40.0 Å². The molecule has 170 valence electrons. The Morgan fingerprint density at radius 1 is 1.38 bits per heavy atom. The summed E-state index contributed by atoms with van der Waals surface area (Å²) in [6.07, 6.45) is 0.331. The molecule has 2 aliphatic rings. The van der Waals surface area contributed by atoms with Crippen molar-refractivity contribution in [2.24, 2.45) is 0 Å². The van der Waals surface area contributed by atoms with Gasteiger partial charge in [0.05, 0.1) is 12.2 Å². The number of carbonyl (C=O) groups excluding carboxylic acids is 4. The molecule has 32 heavy (non-hydrogen) atoms. The van der Waals surface area contributed by atoms with Crippen molar-refractivity contribution >= 4 is 35.5 Å². The minimum absolute atomic E-state index is 0. The molecular formula is C16H22N7NaO7S. The maximum Gasteiger partial charge on any atom is 1.00 e. The Balaban J connectivity index is 0.00000363. The van der Waals surface area contributed by atoms with E-state index in [0.29, 0.717) is 16.8 Å². The summed E-state index contributed by atoms with van der Waals surface area (Å²) >= 11 is 1.10. The number of nitrogens with one attached hydrogen (secondary N) is 1. The molecule has 0 aromatic carbocycles. The van der Waals surface area contributed by atoms with Gasteiger partial charge in [0.25, 0.3) is 11.6 Å². The van der Waals surface area contributed by atoms with Crippen molar-refractivity contribution in [3.63, 3.8) is 0 Å². The Bertz CT molecular complexity index is 870. The van der Waals surface area contributed by atoms with E-state index >= 15 is 0 Å². The minimum Gasteiger partial charge on any atom is -0.544 e. The molecule has 2 fully saturated rings. The van der Waals surface area contributed by atoms with Crippen LogP contribution in [0, 0.1) is 0 Å². The van der Waals surface area contributed by atoms with Gasteiger partial charge in [-0.3, -0.25) is 19.2 Å². The summed E-state index contributed by atoms with van der Waals surface area (Å²) < 4.78 is 6.40. The number of esters is 1. The zero-order chi connectivity index (χ0) is 22.6. The molecule has 0 saturated carbocycles. The Labute approximate surface area is 209 Å². The second kappa shape index (κ2) is 11.4. The third-order valence-electron chi connectivity index (χ3n) is 4.61. The van der Waals surface area contributed by atoms with E-state index in [9.17, 15) is 24.3 Å². The van der Waals surface area contributed by atoms with Crippen molar-refractivity contribution in [1.82, 2.24) is 35.5 Å². The molecule has 0 bridgehead atoms. The fourth-order valence-electron chi connectivity index (χ4n) is 3.09. The van der Waals surface area contributed by atoms with Crippen LogP contribution in [-0.2, 0) is 35.3 Å². The number of carboxylic acid groups (broad SMARTS) is 1. The van der Waals surface area contributed by atoms with Crippen LogP contribution in [0.2, 0.25) is 0 Å². The zero-order valence-corrected chi connectivity index (χ0v) is 20.8. The molecule has 2 atom stereocenters. The van der Waals surface area contributed by atoms with E-state index in [-0.39, 0.29) is 54.8 Å². The topological polar surface area (TPSA) is 172 Å². The SMILES string of the molecule is CN(C)CCCn1nnnc1SCC(=O)N[C@H]1CON(C2(C(=O)[O-])CCC(=O)O2)C1=O.[Na+]. The molecule has 0 aliphatic carbocycles. The molecule has 0 spiro atoms. The largest absolute Gasteiger partial charge is 1.00 e. The number of cyclic esters (lactones) is 1. The standard InChI is InChI=1S/C16H23N7O7S.Na/c1-21(2)6-3-7-22-15(18-19-20-22)31-9-11(24)17-10-8-29-23(13(10)26)16(14(27)28)5-4-12(25)30-16;/h10H,3-9H2,1-2H3,(H,17,24)(H,27,28);/q;+1/p-1/t10-,16?;/m0./s1. The monoisotopic (exact) mass is 479 g/mol. The van der Waals surface area contributed by atoms with Gasteiger partial charge in [-0.1, -0.05) is 11.8 Å². The number of hydrogen-bond donors (Lipinski definition) is 1. The van der Waals surface area contributed by atoms with Gasteiger partial charge in [0, 0.05) is 13.0 Å². The summed E-state index contributed by atoms with van der Waals surface area (Å²) in [6.45, 7) is 1.14. The number of carboxylic acids is 1. The van der Waals surface area contributed by atoms with Crippen LogP contribution in [0.1, 0.15) is 19.3 Å². The van der Waals surface area contributed by atoms with Crippen molar-refractivity contribution in [2.45, 2.75) is 42.7 Å². The van der Waals surface area contributed by atoms with Gasteiger partial charge in [-0.25, -0.2) is 4.68 Å². The van der Waals surface area contributed by atoms with Gasteiger partial charge < -0.3 is 24.9 Å². The van der Waals surface area contributed by atoms with Crippen LogP contribution in [-0.4, -0.2) is 98.7 Å². The molecule has 1 aromatic heterocycles. The average molecular weight is 479 g/mol. The number of aliphatic carboxylic acids is 1. The second-order valence-corrected chi connectivity index (χ2v) is 8.17. The van der Waals surface area contributed by atoms with Crippen LogP contribution in [0.25, 0.3) is 0 Å². The van der Waals surface area contributed by atoms with E-state index in [2.05, 4.69) is 20.8 Å². The molecule has 2 saturated heterocycles. The summed E-state index contributed by atoms with van der Waals surface area (Å²) in [7, 11) is 3.92. The van der Waals surface area contributed by atoms with Gasteiger partial charge in [0.1, 0.15) is 18.6 Å². The summed E-state index contributed by atoms with van der Waals surface area (Å²) in [5.41, 5.74) is -2.32. The number of ether oxygens (including phenoxy) is 1. The molecule has 16 heteroatoms. The first-order valence-electron chi connectivity index (χ1n) is 9.46. The number of carbonyl (C=O) groups is 4. The van der Waals surface area contributed by atoms with E-state index in [0.717, 1.165) is 24.7 Å². The van der Waals surface area contributed by atoms with E-state index < -0.39 is 35.5 Å². The number of amides is 2. The molecule has 0 radical (unpaired) electrons. The van der Waals surface area contributed by atoms with Crippen LogP contribution in [0.15, 0.2) is 5.16 Å². The van der Waals surface area contributed by atoms with Gasteiger partial charge >= 0.3 is 35.5 Å². The fourth-order valence-corrected chi connectivity index (χ4v) is 3.80. The maximum absolute atomic E-state index is 12.6. The smallest absolute Gasteiger partial charge is 0.544 e. The number of hydroxylamine groups is 2. The number of hydrogen-bond acceptors (Lipinski definition) is 12. The first-order valence-corrected chi connectivity index (χ1v) is 10.4. The zero-order valence-electron chi connectivity index (χ0n) is 18.0. The van der Waals surface area contributed by atoms with Crippen LogP contribution in [0.3, 0.4) is 0 Å². The van der Waals surface area contributed by atoms with Crippen LogP contribution >= 0.6 is 11.8 Å². The quantitative estimate of drug-likeness (QED) is 0.191. The summed E-state index contributed by atoms with van der Waals surface area (Å²) in [6, 6.07) is -1.13. The van der Waals surface area contributed by atoms with Crippen molar-refractivity contribution in [3.05, 3.63) is 0 Å². The maximum atomic E-state index is 12.6. The third kappa shape index (κ3) is 5.96. The predicted molar refractivity (Wildman–Crippen MR) is 99.5 cm³/mol. The molecule has 1 aromatic rings. The van der Waals surface area contributed by atoms with Crippen molar-refractivity contribution in [2.75, 3.05) is 33.0 Å². The van der Waals surface area contributed by atoms with E-state index in [1.807, 2.05) is 19.0 Å². The van der Waals surface area contributed by atoms with Gasteiger partial charge in [-0.15, -0.1) is 5.10 Å². The average Bonchev–Trinajstić information content (AvgIpc) is 3.40. The van der Waals surface area contributed by atoms with Crippen LogP contribution in [0.5, 0.6) is 0 Å². The van der Waals surface area contributed by atoms with E-state index in [1.165, 1.54) is 0 Å². The number of aromatic nitrogens is 4. The summed E-state index contributed by atoms with van der Waals surface area (Å²) in [4.78, 5) is 55.0. The molecule has 3 rings (SSSR count). The summed E-state index contributed by atoms with van der Waals surface area (Å²) in [5, 5.41) is 26.3. The predicted octanol–water partition coefficient (Wildman–Crippen LogP) is -6.24. The van der Waals surface area contributed by atoms with Crippen molar-refractivity contribution in [1.29, 1.82) is 0 Å². The number of tetrazole rings is 1. The number of aryl methyl sites for hydroxylation is 1. The molecule has 3 heterocycles. The molecule has 1 N–H and O–H groups in total. The number of thioether (sulfide) groups is 1. The van der Waals surface area contributed by atoms with Crippen LogP contribution in [0.4, 0.5) is 0 Å². The number of nitrogens with zero attached hydrogens (tertiary/aromatic N) is 6. The Hall–Kier alpha value is -1.78. The molecule has 2 amide bonds. The normalized spacial score (nSPS) is 22.7. The van der Waals surface area contributed by atoms with Gasteiger partial charge in [-0.05, 0) is 37.5 Å². The van der Waals surface area contributed by atoms with Gasteiger partial charge in [0.2, 0.25) is 11.1 Å². The fraction of sp³-hybridized carbons (Fsp3) is 0.688. The van der Waals surface area contributed by atoms with Crippen molar-refractivity contribution in [3.8, 4) is 0 Å². The van der Waals surface area contributed by atoms with Gasteiger partial charge in [-0.2, -0.15) is 5.06 Å². The molecule has 1 unspecified atom stereocenters. The third-order valence-corrected chi connectivity index (χ3v) is 5.57. The molecular weight excluding hydrogens is 457 g/mol. The van der Waals surface area contributed by atoms with E-state index in [1.54, 1.807) is 4.68 Å². The Morgan fingerprint density at radius 3 is 2.75 bits per heavy atom. The van der Waals surface area contributed by atoms with Gasteiger partial charge in [0.15, 0.2) is 0 Å². The molecule has 2 aliphatic heterocycles. The minimum atomic E-state index is -2.32. The second-order valence-electron chi connectivity index (χ2n) is 7.22. The summed E-state index contributed by atoms with van der Waals surface area (Å²) in [5.74, 6) is -3.96. The van der Waals surface area contributed by atoms with Crippen molar-refractivity contribution < 1.29 is 63.4 Å². The number of rotatable bonds is 10. The van der Waals surface area contributed by atoms with E-state index in [4.69, 9.17) is 9.57 Å². The Kier molecular flexibility index (Phi) is 9.41. The Morgan fingerprint density at radius 2 is 2.12 bits per heavy atom.